The van der Waals surface area contributed by atoms with Crippen molar-refractivity contribution < 1.29 is 23.1 Å². The highest BCUT2D eigenvalue weighted by molar-refractivity contribution is 5.71. The van der Waals surface area contributed by atoms with Crippen LogP contribution in [0, 0.1) is 5.92 Å². The number of rotatable bonds is 8. The molecule has 1 atom stereocenters. The van der Waals surface area contributed by atoms with Gasteiger partial charge < -0.3 is 14.6 Å². The Morgan fingerprint density at radius 3 is 2.42 bits per heavy atom. The lowest BCUT2D eigenvalue weighted by atomic mass is 10.0. The van der Waals surface area contributed by atoms with Gasteiger partial charge in [0.05, 0.1) is 5.56 Å². The molecule has 0 radical (unpaired) electrons. The van der Waals surface area contributed by atoms with E-state index in [0.717, 1.165) is 30.3 Å². The second kappa shape index (κ2) is 8.24. The molecule has 0 aromatic carbocycles. The van der Waals surface area contributed by atoms with Crippen LogP contribution in [0.5, 0.6) is 0 Å². The second-order valence-electron chi connectivity index (χ2n) is 7.24. The molecule has 0 aliphatic carbocycles. The highest BCUT2D eigenvalue weighted by atomic mass is 19.4. The number of aliphatic carboxylic acids is 1. The third-order valence-corrected chi connectivity index (χ3v) is 4.65. The summed E-state index contributed by atoms with van der Waals surface area (Å²) in [6.07, 6.45) is -1.58. The molecule has 1 aromatic heterocycles. The van der Waals surface area contributed by atoms with E-state index in [4.69, 9.17) is 0 Å². The SMILES string of the molecule is CC(C)CC(C(=O)O)n1cc(CCCN2CCC2)c(C(F)(F)F)cc1=O. The molecule has 8 heteroatoms. The van der Waals surface area contributed by atoms with Crippen LogP contribution in [-0.4, -0.2) is 40.2 Å². The third-order valence-electron chi connectivity index (χ3n) is 4.65. The van der Waals surface area contributed by atoms with E-state index in [1.54, 1.807) is 13.8 Å². The first-order valence-corrected chi connectivity index (χ1v) is 8.87. The van der Waals surface area contributed by atoms with Crippen molar-refractivity contribution in [2.24, 2.45) is 5.92 Å². The zero-order valence-electron chi connectivity index (χ0n) is 15.1. The highest BCUT2D eigenvalue weighted by Crippen LogP contribution is 2.32. The van der Waals surface area contributed by atoms with Crippen molar-refractivity contribution in [2.45, 2.75) is 51.7 Å². The molecule has 2 heterocycles. The van der Waals surface area contributed by atoms with E-state index in [1.165, 1.54) is 0 Å². The molecular formula is C18H25F3N2O3. The maximum absolute atomic E-state index is 13.3. The fraction of sp³-hybridized carbons (Fsp3) is 0.667. The van der Waals surface area contributed by atoms with Crippen molar-refractivity contribution in [3.8, 4) is 0 Å². The molecule has 1 aliphatic heterocycles. The fourth-order valence-electron chi connectivity index (χ4n) is 3.18. The summed E-state index contributed by atoms with van der Waals surface area (Å²) in [7, 11) is 0. The predicted molar refractivity (Wildman–Crippen MR) is 91.2 cm³/mol. The molecule has 1 N–H and O–H groups in total. The number of carboxylic acids is 1. The lowest BCUT2D eigenvalue weighted by Gasteiger charge is -2.30. The van der Waals surface area contributed by atoms with Gasteiger partial charge in [0.25, 0.3) is 5.56 Å². The average Bonchev–Trinajstić information content (AvgIpc) is 2.47. The van der Waals surface area contributed by atoms with Crippen LogP contribution in [0.4, 0.5) is 13.2 Å². The van der Waals surface area contributed by atoms with Crippen LogP contribution < -0.4 is 5.56 Å². The van der Waals surface area contributed by atoms with E-state index in [1.807, 2.05) is 0 Å². The van der Waals surface area contributed by atoms with Crippen molar-refractivity contribution >= 4 is 5.97 Å². The number of carboxylic acid groups (broad SMARTS) is 1. The Bertz CT molecular complexity index is 694. The molecule has 0 amide bonds. The number of hydrogen-bond acceptors (Lipinski definition) is 3. The summed E-state index contributed by atoms with van der Waals surface area (Å²) in [5.41, 5.74) is -1.92. The van der Waals surface area contributed by atoms with E-state index in [0.29, 0.717) is 19.0 Å². The first-order chi connectivity index (χ1) is 12.1. The number of aromatic nitrogens is 1. The monoisotopic (exact) mass is 374 g/mol. The summed E-state index contributed by atoms with van der Waals surface area (Å²) in [4.78, 5) is 25.9. The van der Waals surface area contributed by atoms with Gasteiger partial charge in [0.2, 0.25) is 0 Å². The van der Waals surface area contributed by atoms with Crippen molar-refractivity contribution in [3.05, 3.63) is 33.7 Å². The van der Waals surface area contributed by atoms with Gasteiger partial charge in [0.15, 0.2) is 0 Å². The highest BCUT2D eigenvalue weighted by Gasteiger charge is 2.35. The standard InChI is InChI=1S/C18H25F3N2O3/c1-12(2)9-15(17(25)26)23-11-13(5-3-6-22-7-4-8-22)14(10-16(23)24)18(19,20)21/h10-12,15H,3-9H2,1-2H3,(H,25,26). The smallest absolute Gasteiger partial charge is 0.416 e. The minimum atomic E-state index is -4.64. The van der Waals surface area contributed by atoms with E-state index in [9.17, 15) is 27.9 Å². The van der Waals surface area contributed by atoms with Crippen LogP contribution in [0.3, 0.4) is 0 Å². The Kier molecular flexibility index (Phi) is 6.49. The molecule has 1 fully saturated rings. The van der Waals surface area contributed by atoms with Crippen molar-refractivity contribution in [2.75, 3.05) is 19.6 Å². The van der Waals surface area contributed by atoms with Crippen LogP contribution in [0.15, 0.2) is 17.1 Å². The lowest BCUT2D eigenvalue weighted by Crippen LogP contribution is -2.38. The minimum Gasteiger partial charge on any atom is -0.480 e. The molecule has 2 rings (SSSR count). The van der Waals surface area contributed by atoms with E-state index in [-0.39, 0.29) is 24.3 Å². The molecule has 1 aromatic rings. The zero-order valence-corrected chi connectivity index (χ0v) is 15.1. The van der Waals surface area contributed by atoms with Gasteiger partial charge in [-0.1, -0.05) is 13.8 Å². The largest absolute Gasteiger partial charge is 0.480 e. The molecule has 0 saturated carbocycles. The maximum atomic E-state index is 13.3. The van der Waals surface area contributed by atoms with Crippen LogP contribution in [0.1, 0.15) is 50.3 Å². The molecule has 5 nitrogen and oxygen atoms in total. The number of hydrogen-bond donors (Lipinski definition) is 1. The van der Waals surface area contributed by atoms with Gasteiger partial charge in [-0.25, -0.2) is 4.79 Å². The normalized spacial score (nSPS) is 16.5. The van der Waals surface area contributed by atoms with Gasteiger partial charge >= 0.3 is 12.1 Å². The molecule has 1 aliphatic rings. The van der Waals surface area contributed by atoms with E-state index < -0.39 is 29.3 Å². The van der Waals surface area contributed by atoms with Gasteiger partial charge in [-0.3, -0.25) is 4.79 Å². The van der Waals surface area contributed by atoms with Gasteiger partial charge in [-0.15, -0.1) is 0 Å². The number of alkyl halides is 3. The quantitative estimate of drug-likeness (QED) is 0.759. The summed E-state index contributed by atoms with van der Waals surface area (Å²) in [6, 6.07) is -0.631. The second-order valence-corrected chi connectivity index (χ2v) is 7.24. The molecule has 26 heavy (non-hydrogen) atoms. The predicted octanol–water partition coefficient (Wildman–Crippen LogP) is 3.18. The average molecular weight is 374 g/mol. The van der Waals surface area contributed by atoms with Gasteiger partial charge in [0, 0.05) is 12.3 Å². The molecule has 1 unspecified atom stereocenters. The molecule has 0 bridgehead atoms. The molecule has 146 valence electrons. The summed E-state index contributed by atoms with van der Waals surface area (Å²) in [5, 5.41) is 9.42. The third kappa shape index (κ3) is 5.09. The fourth-order valence-corrected chi connectivity index (χ4v) is 3.18. The van der Waals surface area contributed by atoms with Gasteiger partial charge in [-0.2, -0.15) is 13.2 Å². The van der Waals surface area contributed by atoms with Gasteiger partial charge in [0.1, 0.15) is 6.04 Å². The summed E-state index contributed by atoms with van der Waals surface area (Å²) < 4.78 is 40.9. The van der Waals surface area contributed by atoms with Crippen molar-refractivity contribution in [3.63, 3.8) is 0 Å². The van der Waals surface area contributed by atoms with Crippen molar-refractivity contribution in [1.29, 1.82) is 0 Å². The summed E-state index contributed by atoms with van der Waals surface area (Å²) >= 11 is 0. The minimum absolute atomic E-state index is 0.0137. The Balaban J connectivity index is 2.34. The summed E-state index contributed by atoms with van der Waals surface area (Å²) in [5.74, 6) is -1.23. The van der Waals surface area contributed by atoms with Gasteiger partial charge in [-0.05, 0) is 56.8 Å². The number of carbonyl (C=O) groups is 1. The zero-order chi connectivity index (χ0) is 19.5. The summed E-state index contributed by atoms with van der Waals surface area (Å²) in [6.45, 7) is 6.23. The Morgan fingerprint density at radius 2 is 1.96 bits per heavy atom. The molecule has 1 saturated heterocycles. The topological polar surface area (TPSA) is 62.5 Å². The Morgan fingerprint density at radius 1 is 1.31 bits per heavy atom. The van der Waals surface area contributed by atoms with Crippen LogP contribution in [0.2, 0.25) is 0 Å². The van der Waals surface area contributed by atoms with Crippen molar-refractivity contribution in [1.82, 2.24) is 9.47 Å². The maximum Gasteiger partial charge on any atom is 0.416 e. The van der Waals surface area contributed by atoms with Crippen LogP contribution in [-0.2, 0) is 17.4 Å². The van der Waals surface area contributed by atoms with Crippen LogP contribution >= 0.6 is 0 Å². The Labute approximate surface area is 150 Å². The first-order valence-electron chi connectivity index (χ1n) is 8.87. The number of nitrogens with zero attached hydrogens (tertiary/aromatic N) is 2. The lowest BCUT2D eigenvalue weighted by molar-refractivity contribution is -0.141. The first kappa shape index (κ1) is 20.5. The number of halogens is 3. The number of pyridine rings is 1. The van der Waals surface area contributed by atoms with E-state index in [2.05, 4.69) is 4.90 Å². The van der Waals surface area contributed by atoms with E-state index >= 15 is 0 Å². The molecule has 0 spiro atoms. The van der Waals surface area contributed by atoms with Crippen LogP contribution in [0.25, 0.3) is 0 Å². The Hall–Kier alpha value is -1.83. The number of likely N-dealkylation sites (tertiary alicyclic amines) is 1. The number of aryl methyl sites for hydroxylation is 1. The molecular weight excluding hydrogens is 349 g/mol.